The minimum Gasteiger partial charge on any atom is -0.494 e. The van der Waals surface area contributed by atoms with Crippen LogP contribution in [-0.4, -0.2) is 38.2 Å². The van der Waals surface area contributed by atoms with Crippen molar-refractivity contribution in [2.45, 2.75) is 6.04 Å². The van der Waals surface area contributed by atoms with Gasteiger partial charge in [0.05, 0.1) is 17.5 Å². The summed E-state index contributed by atoms with van der Waals surface area (Å²) in [5, 5.41) is 3.35. The van der Waals surface area contributed by atoms with E-state index in [9.17, 15) is 4.39 Å². The normalized spacial score (nSPS) is 17.4. The Balaban J connectivity index is 1.98. The van der Waals surface area contributed by atoms with Crippen molar-refractivity contribution in [3.8, 4) is 5.75 Å². The molecule has 0 unspecified atom stereocenters. The van der Waals surface area contributed by atoms with Crippen LogP contribution in [0.4, 0.5) is 4.39 Å². The SMILES string of the molecule is COc1ccc([C@@H](c2ccc(Cl)s2)N2CCNCC2)cc1F. The van der Waals surface area contributed by atoms with E-state index in [0.29, 0.717) is 0 Å². The summed E-state index contributed by atoms with van der Waals surface area (Å²) in [6.45, 7) is 3.73. The highest BCUT2D eigenvalue weighted by Crippen LogP contribution is 2.36. The molecule has 6 heteroatoms. The summed E-state index contributed by atoms with van der Waals surface area (Å²) in [7, 11) is 1.48. The van der Waals surface area contributed by atoms with Gasteiger partial charge in [0.2, 0.25) is 0 Å². The Morgan fingerprint density at radius 2 is 2.05 bits per heavy atom. The van der Waals surface area contributed by atoms with E-state index in [0.717, 1.165) is 41.0 Å². The lowest BCUT2D eigenvalue weighted by Crippen LogP contribution is -2.45. The van der Waals surface area contributed by atoms with E-state index >= 15 is 0 Å². The maximum absolute atomic E-state index is 14.1. The van der Waals surface area contributed by atoms with Gasteiger partial charge in [0, 0.05) is 31.1 Å². The Hall–Kier alpha value is -1.14. The van der Waals surface area contributed by atoms with Crippen molar-refractivity contribution >= 4 is 22.9 Å². The average Bonchev–Trinajstić information content (AvgIpc) is 2.95. The number of halogens is 2. The average molecular weight is 341 g/mol. The lowest BCUT2D eigenvalue weighted by molar-refractivity contribution is 0.200. The lowest BCUT2D eigenvalue weighted by Gasteiger charge is -2.34. The van der Waals surface area contributed by atoms with Gasteiger partial charge in [-0.15, -0.1) is 11.3 Å². The third-order valence-electron chi connectivity index (χ3n) is 3.87. The Morgan fingerprint density at radius 3 is 2.64 bits per heavy atom. The van der Waals surface area contributed by atoms with Crippen LogP contribution in [0.3, 0.4) is 0 Å². The molecule has 0 amide bonds. The van der Waals surface area contributed by atoms with E-state index in [4.69, 9.17) is 16.3 Å². The van der Waals surface area contributed by atoms with Crippen LogP contribution in [0.25, 0.3) is 0 Å². The maximum Gasteiger partial charge on any atom is 0.165 e. The molecule has 3 nitrogen and oxygen atoms in total. The van der Waals surface area contributed by atoms with Gasteiger partial charge in [-0.25, -0.2) is 4.39 Å². The number of rotatable bonds is 4. The van der Waals surface area contributed by atoms with E-state index in [-0.39, 0.29) is 17.6 Å². The number of hydrogen-bond acceptors (Lipinski definition) is 4. The first-order valence-corrected chi connectivity index (χ1v) is 8.42. The molecule has 2 aromatic rings. The number of benzene rings is 1. The summed E-state index contributed by atoms with van der Waals surface area (Å²) in [6.07, 6.45) is 0. The van der Waals surface area contributed by atoms with Gasteiger partial charge in [-0.05, 0) is 29.8 Å². The molecule has 118 valence electrons. The number of hydrogen-bond donors (Lipinski definition) is 1. The van der Waals surface area contributed by atoms with Gasteiger partial charge in [0.25, 0.3) is 0 Å². The van der Waals surface area contributed by atoms with Crippen LogP contribution in [0.5, 0.6) is 5.75 Å². The zero-order valence-corrected chi connectivity index (χ0v) is 13.9. The zero-order chi connectivity index (χ0) is 15.5. The second-order valence-electron chi connectivity index (χ2n) is 5.22. The number of nitrogens with one attached hydrogen (secondary N) is 1. The molecule has 1 saturated heterocycles. The smallest absolute Gasteiger partial charge is 0.165 e. The summed E-state index contributed by atoms with van der Waals surface area (Å²) < 4.78 is 19.9. The summed E-state index contributed by atoms with van der Waals surface area (Å²) in [5.74, 6) is -0.0604. The highest BCUT2D eigenvalue weighted by Gasteiger charge is 2.26. The topological polar surface area (TPSA) is 24.5 Å². The molecule has 1 atom stereocenters. The molecular formula is C16H18ClFN2OS. The van der Waals surface area contributed by atoms with Crippen LogP contribution in [0.2, 0.25) is 4.34 Å². The van der Waals surface area contributed by atoms with Crippen LogP contribution in [0.1, 0.15) is 16.5 Å². The van der Waals surface area contributed by atoms with Gasteiger partial charge in [-0.2, -0.15) is 0 Å². The minimum absolute atomic E-state index is 0.0278. The molecular weight excluding hydrogens is 323 g/mol. The van der Waals surface area contributed by atoms with E-state index in [2.05, 4.69) is 10.2 Å². The molecule has 1 fully saturated rings. The van der Waals surface area contributed by atoms with Crippen molar-refractivity contribution in [2.24, 2.45) is 0 Å². The molecule has 0 spiro atoms. The number of nitrogens with zero attached hydrogens (tertiary/aromatic N) is 1. The van der Waals surface area contributed by atoms with E-state index in [1.807, 2.05) is 18.2 Å². The number of piperazine rings is 1. The van der Waals surface area contributed by atoms with Crippen molar-refractivity contribution in [1.82, 2.24) is 10.2 Å². The number of methoxy groups -OCH3 is 1. The van der Waals surface area contributed by atoms with Gasteiger partial charge in [0.1, 0.15) is 0 Å². The molecule has 0 bridgehead atoms. The van der Waals surface area contributed by atoms with Crippen LogP contribution >= 0.6 is 22.9 Å². The summed E-state index contributed by atoms with van der Waals surface area (Å²) in [5.41, 5.74) is 0.929. The van der Waals surface area contributed by atoms with Crippen molar-refractivity contribution in [3.63, 3.8) is 0 Å². The Kier molecular flexibility index (Phi) is 4.98. The molecule has 22 heavy (non-hydrogen) atoms. The lowest BCUT2D eigenvalue weighted by atomic mass is 10.0. The summed E-state index contributed by atoms with van der Waals surface area (Å²) in [4.78, 5) is 3.50. The van der Waals surface area contributed by atoms with Crippen molar-refractivity contribution < 1.29 is 9.13 Å². The second-order valence-corrected chi connectivity index (χ2v) is 6.97. The molecule has 0 saturated carbocycles. The van der Waals surface area contributed by atoms with Crippen molar-refractivity contribution in [1.29, 1.82) is 0 Å². The Labute approximate surface area is 138 Å². The first-order valence-electron chi connectivity index (χ1n) is 7.22. The van der Waals surface area contributed by atoms with E-state index in [1.165, 1.54) is 7.11 Å². The minimum atomic E-state index is -0.331. The highest BCUT2D eigenvalue weighted by atomic mass is 35.5. The van der Waals surface area contributed by atoms with E-state index < -0.39 is 0 Å². The maximum atomic E-state index is 14.1. The summed E-state index contributed by atoms with van der Waals surface area (Å²) >= 11 is 7.65. The largest absolute Gasteiger partial charge is 0.494 e. The molecule has 0 aliphatic carbocycles. The fourth-order valence-corrected chi connectivity index (χ4v) is 4.05. The van der Waals surface area contributed by atoms with Crippen LogP contribution < -0.4 is 10.1 Å². The summed E-state index contributed by atoms with van der Waals surface area (Å²) in [6, 6.07) is 9.15. The van der Waals surface area contributed by atoms with Gasteiger partial charge in [-0.1, -0.05) is 17.7 Å². The molecule has 3 rings (SSSR count). The van der Waals surface area contributed by atoms with Crippen LogP contribution in [0.15, 0.2) is 30.3 Å². The first-order chi connectivity index (χ1) is 10.7. The quantitative estimate of drug-likeness (QED) is 0.921. The third kappa shape index (κ3) is 3.27. The molecule has 1 aromatic heterocycles. The number of thiophene rings is 1. The highest BCUT2D eigenvalue weighted by molar-refractivity contribution is 7.16. The molecule has 1 aromatic carbocycles. The standard InChI is InChI=1S/C16H18ClFN2OS/c1-21-13-3-2-11(10-12(13)18)16(14-4-5-15(17)22-14)20-8-6-19-7-9-20/h2-5,10,16,19H,6-9H2,1H3/t16-/m0/s1. The molecule has 1 N–H and O–H groups in total. The fraction of sp³-hybridized carbons (Fsp3) is 0.375. The molecule has 1 aliphatic heterocycles. The van der Waals surface area contributed by atoms with Gasteiger partial charge >= 0.3 is 0 Å². The van der Waals surface area contributed by atoms with Gasteiger partial charge in [0.15, 0.2) is 11.6 Å². The van der Waals surface area contributed by atoms with Crippen LogP contribution in [0, 0.1) is 5.82 Å². The monoisotopic (exact) mass is 340 g/mol. The van der Waals surface area contributed by atoms with Crippen molar-refractivity contribution in [3.05, 3.63) is 50.9 Å². The predicted octanol–water partition coefficient (Wildman–Crippen LogP) is 3.54. The Bertz CT molecular complexity index is 643. The Morgan fingerprint density at radius 1 is 1.27 bits per heavy atom. The van der Waals surface area contributed by atoms with Gasteiger partial charge in [-0.3, -0.25) is 4.90 Å². The third-order valence-corrected chi connectivity index (χ3v) is 5.16. The van der Waals surface area contributed by atoms with Crippen LogP contribution in [-0.2, 0) is 0 Å². The van der Waals surface area contributed by atoms with Gasteiger partial charge < -0.3 is 10.1 Å². The molecule has 0 radical (unpaired) electrons. The molecule has 1 aliphatic rings. The number of ether oxygens (including phenoxy) is 1. The second kappa shape index (κ2) is 6.96. The first kappa shape index (κ1) is 15.7. The predicted molar refractivity (Wildman–Crippen MR) is 88.6 cm³/mol. The molecule has 2 heterocycles. The zero-order valence-electron chi connectivity index (χ0n) is 12.3. The van der Waals surface area contributed by atoms with Crippen molar-refractivity contribution in [2.75, 3.05) is 33.3 Å². The van der Waals surface area contributed by atoms with E-state index in [1.54, 1.807) is 23.5 Å². The fourth-order valence-electron chi connectivity index (χ4n) is 2.82.